The number of ether oxygens (including phenoxy) is 2. The van der Waals surface area contributed by atoms with Gasteiger partial charge in [0, 0.05) is 29.6 Å². The van der Waals surface area contributed by atoms with Crippen molar-refractivity contribution in [3.8, 4) is 11.5 Å². The maximum Gasteiger partial charge on any atom is 0.228 e. The van der Waals surface area contributed by atoms with Gasteiger partial charge in [-0.3, -0.25) is 9.69 Å². The molecule has 192 valence electrons. The number of benzene rings is 1. The Morgan fingerprint density at radius 1 is 1.28 bits per heavy atom. The van der Waals surface area contributed by atoms with Gasteiger partial charge in [-0.05, 0) is 87.1 Å². The van der Waals surface area contributed by atoms with Crippen LogP contribution >= 0.6 is 11.5 Å². The van der Waals surface area contributed by atoms with E-state index in [1.165, 1.54) is 29.9 Å². The number of aromatic nitrogens is 1. The van der Waals surface area contributed by atoms with Crippen LogP contribution in [0.15, 0.2) is 12.1 Å². The summed E-state index contributed by atoms with van der Waals surface area (Å²) in [4.78, 5) is 19.1. The second-order valence-corrected chi connectivity index (χ2v) is 12.7. The average Bonchev–Trinajstić information content (AvgIpc) is 3.50. The van der Waals surface area contributed by atoms with Crippen LogP contribution < -0.4 is 9.47 Å². The number of aliphatic hydroxyl groups is 1. The van der Waals surface area contributed by atoms with Crippen molar-refractivity contribution in [2.24, 2.45) is 5.92 Å². The zero-order valence-electron chi connectivity index (χ0n) is 21.4. The Kier molecular flexibility index (Phi) is 5.06. The first-order chi connectivity index (χ1) is 17.3. The molecule has 2 saturated heterocycles. The second-order valence-electron chi connectivity index (χ2n) is 11.7. The third-order valence-corrected chi connectivity index (χ3v) is 10.4. The second kappa shape index (κ2) is 7.92. The Labute approximate surface area is 216 Å². The number of hydrogen-bond donors (Lipinski definition) is 1. The van der Waals surface area contributed by atoms with E-state index >= 15 is 0 Å². The predicted octanol–water partition coefficient (Wildman–Crippen LogP) is 3.01. The summed E-state index contributed by atoms with van der Waals surface area (Å²) in [6, 6.07) is 4.30. The molecule has 0 unspecified atom stereocenters. The van der Waals surface area contributed by atoms with Crippen molar-refractivity contribution in [1.29, 1.82) is 0 Å². The fourth-order valence-electron chi connectivity index (χ4n) is 7.86. The average molecular weight is 510 g/mol. The number of aryl methyl sites for hydroxylation is 2. The standard InChI is InChI=1S/C28H35N3O4S/c1-16-10-19-12-21-28(33)7-9-31(23(32)13-20-11-17(2)36-29-20)15-22-27(28,6-8-30(21)14-18-4-5-18)24(19)26(35-22)25(16)34-3/h10-11,18,21-22,33H,4-9,12-15H2,1-3H3/t21-,22+,27-,28-/m1/s1. The molecule has 3 aliphatic heterocycles. The van der Waals surface area contributed by atoms with Crippen molar-refractivity contribution in [1.82, 2.24) is 14.2 Å². The van der Waals surface area contributed by atoms with E-state index in [2.05, 4.69) is 22.3 Å². The number of piperidine rings is 1. The van der Waals surface area contributed by atoms with E-state index in [-0.39, 0.29) is 18.1 Å². The van der Waals surface area contributed by atoms with Gasteiger partial charge in [-0.2, -0.15) is 4.37 Å². The van der Waals surface area contributed by atoms with Crippen LogP contribution in [0.25, 0.3) is 0 Å². The summed E-state index contributed by atoms with van der Waals surface area (Å²) in [6.45, 7) is 7.15. The summed E-state index contributed by atoms with van der Waals surface area (Å²) in [6.07, 6.45) is 4.83. The summed E-state index contributed by atoms with van der Waals surface area (Å²) < 4.78 is 17.1. The maximum absolute atomic E-state index is 13.5. The van der Waals surface area contributed by atoms with Crippen LogP contribution in [0.3, 0.4) is 0 Å². The van der Waals surface area contributed by atoms with Gasteiger partial charge >= 0.3 is 0 Å². The minimum Gasteiger partial charge on any atom is -0.493 e. The summed E-state index contributed by atoms with van der Waals surface area (Å²) in [5, 5.41) is 12.8. The molecule has 1 N–H and O–H groups in total. The highest BCUT2D eigenvalue weighted by Gasteiger charge is 2.71. The van der Waals surface area contributed by atoms with Crippen LogP contribution in [0.4, 0.5) is 0 Å². The molecule has 1 aromatic heterocycles. The number of methoxy groups -OCH3 is 1. The smallest absolute Gasteiger partial charge is 0.228 e. The molecule has 1 amide bonds. The van der Waals surface area contributed by atoms with Gasteiger partial charge < -0.3 is 19.5 Å². The van der Waals surface area contributed by atoms with Crippen molar-refractivity contribution < 1.29 is 19.4 Å². The van der Waals surface area contributed by atoms with Gasteiger partial charge in [0.25, 0.3) is 0 Å². The number of rotatable bonds is 5. The van der Waals surface area contributed by atoms with Crippen molar-refractivity contribution in [2.45, 2.75) is 75.5 Å². The van der Waals surface area contributed by atoms with Gasteiger partial charge in [0.2, 0.25) is 5.91 Å². The Balaban J connectivity index is 1.31. The molecule has 1 saturated carbocycles. The van der Waals surface area contributed by atoms with Crippen molar-refractivity contribution >= 4 is 17.4 Å². The molecule has 36 heavy (non-hydrogen) atoms. The van der Waals surface area contributed by atoms with Gasteiger partial charge in [-0.15, -0.1) is 0 Å². The molecule has 4 atom stereocenters. The lowest BCUT2D eigenvalue weighted by Gasteiger charge is -2.60. The quantitative estimate of drug-likeness (QED) is 0.668. The SMILES string of the molecule is COc1c(C)cc2c3c1O[C@H]1CN(C(=O)Cc4cc(C)sn4)CC[C@@]4(O)[C@@H](C2)N(CC2CC2)CC[C@]314. The molecule has 2 bridgehead atoms. The Bertz CT molecular complexity index is 1240. The van der Waals surface area contributed by atoms with Gasteiger partial charge in [0.1, 0.15) is 6.10 Å². The van der Waals surface area contributed by atoms with E-state index < -0.39 is 11.0 Å². The number of hydrogen-bond acceptors (Lipinski definition) is 7. The Hall–Kier alpha value is -2.16. The lowest BCUT2D eigenvalue weighted by atomic mass is 9.52. The molecule has 8 heteroatoms. The summed E-state index contributed by atoms with van der Waals surface area (Å²) >= 11 is 1.44. The zero-order chi connectivity index (χ0) is 24.8. The lowest BCUT2D eigenvalue weighted by molar-refractivity contribution is -0.162. The number of carbonyl (C=O) groups excluding carboxylic acids is 1. The first-order valence-corrected chi connectivity index (χ1v) is 14.2. The molecule has 3 fully saturated rings. The van der Waals surface area contributed by atoms with Crippen LogP contribution in [-0.4, -0.2) is 76.2 Å². The molecule has 7 nitrogen and oxygen atoms in total. The molecule has 2 aliphatic carbocycles. The van der Waals surface area contributed by atoms with Crippen LogP contribution in [0.5, 0.6) is 11.5 Å². The molecular formula is C28H35N3O4S. The first-order valence-electron chi connectivity index (χ1n) is 13.4. The third kappa shape index (κ3) is 3.10. The van der Waals surface area contributed by atoms with E-state index in [0.29, 0.717) is 25.9 Å². The van der Waals surface area contributed by atoms with E-state index in [1.807, 2.05) is 17.9 Å². The number of likely N-dealkylation sites (tertiary alicyclic amines) is 2. The summed E-state index contributed by atoms with van der Waals surface area (Å²) in [7, 11) is 1.70. The van der Waals surface area contributed by atoms with Gasteiger partial charge in [-0.1, -0.05) is 6.07 Å². The molecule has 5 aliphatic rings. The highest BCUT2D eigenvalue weighted by Crippen LogP contribution is 2.64. The molecule has 1 spiro atoms. The largest absolute Gasteiger partial charge is 0.493 e. The highest BCUT2D eigenvalue weighted by atomic mass is 32.1. The van der Waals surface area contributed by atoms with E-state index in [0.717, 1.165) is 65.0 Å². The normalized spacial score (nSPS) is 32.6. The number of carbonyl (C=O) groups is 1. The minimum atomic E-state index is -0.949. The number of amides is 1. The van der Waals surface area contributed by atoms with Crippen molar-refractivity contribution in [2.75, 3.05) is 33.3 Å². The first kappa shape index (κ1) is 23.0. The molecular weight excluding hydrogens is 474 g/mol. The fourth-order valence-corrected chi connectivity index (χ4v) is 8.43. The molecule has 1 aromatic carbocycles. The summed E-state index contributed by atoms with van der Waals surface area (Å²) in [5.41, 5.74) is 2.88. The Morgan fingerprint density at radius 2 is 2.11 bits per heavy atom. The monoisotopic (exact) mass is 509 g/mol. The molecule has 0 radical (unpaired) electrons. The van der Waals surface area contributed by atoms with Gasteiger partial charge in [0.15, 0.2) is 11.5 Å². The van der Waals surface area contributed by atoms with Crippen LogP contribution in [-0.2, 0) is 23.1 Å². The van der Waals surface area contributed by atoms with Gasteiger partial charge in [-0.25, -0.2) is 0 Å². The predicted molar refractivity (Wildman–Crippen MR) is 137 cm³/mol. The third-order valence-electron chi connectivity index (χ3n) is 9.63. The molecule has 4 heterocycles. The molecule has 7 rings (SSSR count). The van der Waals surface area contributed by atoms with Crippen molar-refractivity contribution in [3.05, 3.63) is 39.4 Å². The van der Waals surface area contributed by atoms with Crippen LogP contribution in [0.1, 0.15) is 52.9 Å². The topological polar surface area (TPSA) is 75.1 Å². The minimum absolute atomic E-state index is 0.0421. The van der Waals surface area contributed by atoms with E-state index in [1.54, 1.807) is 7.11 Å². The Morgan fingerprint density at radius 3 is 2.83 bits per heavy atom. The van der Waals surface area contributed by atoms with Crippen molar-refractivity contribution in [3.63, 3.8) is 0 Å². The van der Waals surface area contributed by atoms with E-state index in [4.69, 9.17) is 9.47 Å². The van der Waals surface area contributed by atoms with Crippen LogP contribution in [0.2, 0.25) is 0 Å². The number of nitrogens with zero attached hydrogens (tertiary/aromatic N) is 3. The summed E-state index contributed by atoms with van der Waals surface area (Å²) in [5.74, 6) is 2.40. The van der Waals surface area contributed by atoms with E-state index in [9.17, 15) is 9.90 Å². The fraction of sp³-hybridized carbons (Fsp3) is 0.643. The van der Waals surface area contributed by atoms with Gasteiger partial charge in [0.05, 0.1) is 36.8 Å². The highest BCUT2D eigenvalue weighted by molar-refractivity contribution is 7.05. The lowest BCUT2D eigenvalue weighted by Crippen LogP contribution is -2.74. The maximum atomic E-state index is 13.5. The van der Waals surface area contributed by atoms with Crippen LogP contribution in [0, 0.1) is 19.8 Å². The zero-order valence-corrected chi connectivity index (χ0v) is 22.2. The molecule has 2 aromatic rings.